The summed E-state index contributed by atoms with van der Waals surface area (Å²) in [5.41, 5.74) is 0. The first-order valence-corrected chi connectivity index (χ1v) is 9.99. The number of guanidine groups is 1. The van der Waals surface area contributed by atoms with Gasteiger partial charge < -0.3 is 21.1 Å². The molecule has 0 aromatic carbocycles. The van der Waals surface area contributed by atoms with Crippen LogP contribution in [0, 0.1) is 0 Å². The molecule has 0 aliphatic carbocycles. The van der Waals surface area contributed by atoms with Crippen molar-refractivity contribution in [2.24, 2.45) is 4.99 Å². The van der Waals surface area contributed by atoms with Crippen molar-refractivity contribution < 1.29 is 5.11 Å². The molecule has 0 bridgehead atoms. The first-order chi connectivity index (χ1) is 12.7. The molecule has 0 saturated carbocycles. The van der Waals surface area contributed by atoms with Gasteiger partial charge in [0.15, 0.2) is 5.96 Å². The standard InChI is InChI=1S/C18H26ClN5OS.HI/c1-2-20-18(24-13-14(25)15-8-9-16(19)26-15)23-12-6-5-11-22-17-7-3-4-10-21-17;/h3-4,7-10,14,25H,2,5-6,11-13H2,1H3,(H,21,22)(H2,20,23,24);1H. The van der Waals surface area contributed by atoms with Gasteiger partial charge in [-0.15, -0.1) is 35.3 Å². The van der Waals surface area contributed by atoms with Crippen molar-refractivity contribution in [3.8, 4) is 0 Å². The van der Waals surface area contributed by atoms with Crippen LogP contribution in [0.4, 0.5) is 5.82 Å². The second-order valence-corrected chi connectivity index (χ2v) is 7.40. The van der Waals surface area contributed by atoms with Gasteiger partial charge in [0.05, 0.1) is 10.9 Å². The van der Waals surface area contributed by atoms with Gasteiger partial charge in [0.1, 0.15) is 11.9 Å². The van der Waals surface area contributed by atoms with Gasteiger partial charge in [-0.05, 0) is 44.0 Å². The third-order valence-electron chi connectivity index (χ3n) is 3.56. The van der Waals surface area contributed by atoms with Gasteiger partial charge in [-0.25, -0.2) is 4.98 Å². The predicted octanol–water partition coefficient (Wildman–Crippen LogP) is 3.90. The number of hydrogen-bond donors (Lipinski definition) is 4. The Hall–Kier alpha value is -1.10. The molecule has 0 radical (unpaired) electrons. The Morgan fingerprint density at radius 1 is 1.22 bits per heavy atom. The van der Waals surface area contributed by atoms with Crippen molar-refractivity contribution in [1.29, 1.82) is 0 Å². The molecule has 0 aliphatic heterocycles. The molecular formula is C18H27ClIN5OS. The van der Waals surface area contributed by atoms with E-state index < -0.39 is 6.10 Å². The van der Waals surface area contributed by atoms with E-state index in [0.29, 0.717) is 16.8 Å². The molecule has 0 spiro atoms. The number of aliphatic hydroxyl groups excluding tert-OH is 1. The summed E-state index contributed by atoms with van der Waals surface area (Å²) in [7, 11) is 0. The highest BCUT2D eigenvalue weighted by Crippen LogP contribution is 2.26. The van der Waals surface area contributed by atoms with Crippen LogP contribution in [0.15, 0.2) is 41.5 Å². The van der Waals surface area contributed by atoms with E-state index in [1.54, 1.807) is 12.3 Å². The Kier molecular flexibility index (Phi) is 12.4. The van der Waals surface area contributed by atoms with Gasteiger partial charge in [0.25, 0.3) is 0 Å². The van der Waals surface area contributed by atoms with E-state index >= 15 is 0 Å². The second kappa shape index (κ2) is 14.0. The summed E-state index contributed by atoms with van der Waals surface area (Å²) in [6.45, 7) is 4.78. The minimum atomic E-state index is -0.634. The quantitative estimate of drug-likeness (QED) is 0.164. The maximum absolute atomic E-state index is 10.2. The molecule has 2 aromatic rings. The molecule has 0 amide bonds. The third-order valence-corrected chi connectivity index (χ3v) is 4.89. The molecule has 1 unspecified atom stereocenters. The normalized spacial score (nSPS) is 12.2. The van der Waals surface area contributed by atoms with Gasteiger partial charge in [-0.1, -0.05) is 17.7 Å². The zero-order chi connectivity index (χ0) is 18.6. The van der Waals surface area contributed by atoms with Crippen LogP contribution < -0.4 is 16.0 Å². The van der Waals surface area contributed by atoms with Crippen LogP contribution in [0.2, 0.25) is 4.34 Å². The minimum Gasteiger partial charge on any atom is -0.386 e. The number of aliphatic imine (C=N–C) groups is 1. The van der Waals surface area contributed by atoms with Gasteiger partial charge in [0.2, 0.25) is 0 Å². The zero-order valence-electron chi connectivity index (χ0n) is 15.3. The van der Waals surface area contributed by atoms with Crippen molar-refractivity contribution in [2.75, 3.05) is 31.5 Å². The highest BCUT2D eigenvalue weighted by Gasteiger charge is 2.10. The summed E-state index contributed by atoms with van der Waals surface area (Å²) in [5.74, 6) is 1.62. The first kappa shape index (κ1) is 23.9. The average molecular weight is 524 g/mol. The highest BCUT2D eigenvalue weighted by molar-refractivity contribution is 14.0. The Labute approximate surface area is 186 Å². The number of hydrogen-bond acceptors (Lipinski definition) is 5. The van der Waals surface area contributed by atoms with Crippen LogP contribution in [0.1, 0.15) is 30.7 Å². The number of rotatable bonds is 10. The third kappa shape index (κ3) is 9.59. The Morgan fingerprint density at radius 2 is 2.04 bits per heavy atom. The average Bonchev–Trinajstić information content (AvgIpc) is 3.09. The van der Waals surface area contributed by atoms with E-state index in [1.165, 1.54) is 11.3 Å². The summed E-state index contributed by atoms with van der Waals surface area (Å²) < 4.78 is 0.673. The molecule has 27 heavy (non-hydrogen) atoms. The Bertz CT molecular complexity index is 671. The summed E-state index contributed by atoms with van der Waals surface area (Å²) >= 11 is 7.28. The summed E-state index contributed by atoms with van der Waals surface area (Å²) in [6, 6.07) is 9.45. The molecule has 0 fully saturated rings. The van der Waals surface area contributed by atoms with Gasteiger partial charge in [0, 0.05) is 30.7 Å². The van der Waals surface area contributed by atoms with E-state index in [0.717, 1.165) is 43.2 Å². The van der Waals surface area contributed by atoms with Crippen molar-refractivity contribution in [2.45, 2.75) is 25.9 Å². The topological polar surface area (TPSA) is 81.6 Å². The lowest BCUT2D eigenvalue weighted by Gasteiger charge is -2.12. The summed E-state index contributed by atoms with van der Waals surface area (Å²) in [5, 5.41) is 20.0. The van der Waals surface area contributed by atoms with E-state index in [-0.39, 0.29) is 24.0 Å². The zero-order valence-corrected chi connectivity index (χ0v) is 19.2. The number of anilines is 1. The van der Waals surface area contributed by atoms with Crippen molar-refractivity contribution in [3.63, 3.8) is 0 Å². The van der Waals surface area contributed by atoms with Gasteiger partial charge >= 0.3 is 0 Å². The molecule has 6 nitrogen and oxygen atoms in total. The number of thiophene rings is 1. The Morgan fingerprint density at radius 3 is 2.70 bits per heavy atom. The molecule has 0 saturated heterocycles. The van der Waals surface area contributed by atoms with Gasteiger partial charge in [-0.3, -0.25) is 4.99 Å². The maximum atomic E-state index is 10.2. The van der Waals surface area contributed by atoms with Crippen LogP contribution in [0.3, 0.4) is 0 Å². The van der Waals surface area contributed by atoms with E-state index in [9.17, 15) is 5.11 Å². The summed E-state index contributed by atoms with van der Waals surface area (Å²) in [6.07, 6.45) is 3.18. The number of pyridine rings is 1. The number of nitrogens with one attached hydrogen (secondary N) is 3. The highest BCUT2D eigenvalue weighted by atomic mass is 127. The van der Waals surface area contributed by atoms with Crippen molar-refractivity contribution in [3.05, 3.63) is 45.7 Å². The molecule has 2 rings (SSSR count). The number of aliphatic hydroxyl groups is 1. The van der Waals surface area contributed by atoms with E-state index in [2.05, 4.69) is 25.9 Å². The van der Waals surface area contributed by atoms with Crippen LogP contribution in [0.25, 0.3) is 0 Å². The van der Waals surface area contributed by atoms with Crippen LogP contribution in [-0.4, -0.2) is 42.2 Å². The largest absolute Gasteiger partial charge is 0.386 e. The lowest BCUT2D eigenvalue weighted by atomic mass is 10.3. The SMILES string of the molecule is CCNC(=NCC(O)c1ccc(Cl)s1)NCCCCNc1ccccn1.I. The molecule has 4 N–H and O–H groups in total. The predicted molar refractivity (Wildman–Crippen MR) is 126 cm³/mol. The number of unbranched alkanes of at least 4 members (excludes halogenated alkanes) is 1. The second-order valence-electron chi connectivity index (χ2n) is 5.65. The van der Waals surface area contributed by atoms with Crippen molar-refractivity contribution in [1.82, 2.24) is 15.6 Å². The fourth-order valence-corrected chi connectivity index (χ4v) is 3.30. The smallest absolute Gasteiger partial charge is 0.191 e. The fourth-order valence-electron chi connectivity index (χ4n) is 2.26. The van der Waals surface area contributed by atoms with Crippen LogP contribution in [-0.2, 0) is 0 Å². The lowest BCUT2D eigenvalue weighted by Crippen LogP contribution is -2.38. The number of nitrogens with zero attached hydrogens (tertiary/aromatic N) is 2. The lowest BCUT2D eigenvalue weighted by molar-refractivity contribution is 0.191. The van der Waals surface area contributed by atoms with Gasteiger partial charge in [-0.2, -0.15) is 0 Å². The fraction of sp³-hybridized carbons (Fsp3) is 0.444. The Balaban J connectivity index is 0.00000364. The van der Waals surface area contributed by atoms with E-state index in [1.807, 2.05) is 31.2 Å². The molecule has 150 valence electrons. The number of halogens is 2. The molecule has 0 aliphatic rings. The van der Waals surface area contributed by atoms with Crippen LogP contribution >= 0.6 is 46.9 Å². The monoisotopic (exact) mass is 523 g/mol. The number of aromatic nitrogens is 1. The molecule has 9 heteroatoms. The summed E-state index contributed by atoms with van der Waals surface area (Å²) in [4.78, 5) is 9.51. The maximum Gasteiger partial charge on any atom is 0.191 e. The molecule has 2 aromatic heterocycles. The van der Waals surface area contributed by atoms with Crippen molar-refractivity contribution >= 4 is 58.7 Å². The minimum absolute atomic E-state index is 0. The molecular weight excluding hydrogens is 497 g/mol. The van der Waals surface area contributed by atoms with Crippen LogP contribution in [0.5, 0.6) is 0 Å². The van der Waals surface area contributed by atoms with E-state index in [4.69, 9.17) is 11.6 Å². The molecule has 1 atom stereocenters. The first-order valence-electron chi connectivity index (χ1n) is 8.79. The molecule has 2 heterocycles.